The topological polar surface area (TPSA) is 75.6 Å². The van der Waals surface area contributed by atoms with Crippen molar-refractivity contribution < 1.29 is 19.4 Å². The van der Waals surface area contributed by atoms with Crippen LogP contribution in [0.4, 0.5) is 4.79 Å². The molecule has 4 fully saturated rings. The van der Waals surface area contributed by atoms with Gasteiger partial charge in [0.25, 0.3) is 0 Å². The second-order valence-corrected chi connectivity index (χ2v) is 11.5. The van der Waals surface area contributed by atoms with Crippen LogP contribution in [0.1, 0.15) is 85.5 Å². The highest BCUT2D eigenvalue weighted by Gasteiger charge is 2.63. The van der Waals surface area contributed by atoms with Gasteiger partial charge in [0, 0.05) is 17.9 Å². The number of ether oxygens (including phenoxy) is 1. The molecular weight excluding hydrogens is 378 g/mol. The van der Waals surface area contributed by atoms with Gasteiger partial charge in [0.05, 0.1) is 12.2 Å². The number of hydrogen-bond acceptors (Lipinski definition) is 4. The zero-order valence-corrected chi connectivity index (χ0v) is 19.3. The minimum Gasteiger partial charge on any atom is -0.449 e. The third-order valence-corrected chi connectivity index (χ3v) is 9.94. The number of fused-ring (bicyclic) bond motifs is 5. The Bertz CT molecular complexity index is 691. The normalized spacial score (nSPS) is 47.6. The summed E-state index contributed by atoms with van der Waals surface area (Å²) in [6.07, 6.45) is 8.95. The molecule has 0 aromatic heterocycles. The van der Waals surface area contributed by atoms with Crippen LogP contribution in [0.25, 0.3) is 0 Å². The monoisotopic (exact) mass is 419 g/mol. The summed E-state index contributed by atoms with van der Waals surface area (Å²) in [4.78, 5) is 24.6. The SMILES string of the molecule is CCNC(=O)OC[C@]12CC[C@@](C)(O)C[C@@H]1CC[C@H]1[C@@H]3CC[C@H](C(C)=O)[C@@]3(C)CC[C@@H]12. The standard InChI is InChI=1S/C25H41NO4/c1-5-26-22(28)30-15-25-13-12-23(3,29)14-17(25)6-7-18-20-9-8-19(16(2)27)24(20,4)11-10-21(18)25/h17-21,29H,5-15H2,1-4H3,(H,26,28)/t17-,18-,19+,20-,21-,23+,24+,25+/m0/s1. The minimum absolute atomic E-state index is 0.0219. The molecule has 1 amide bonds. The number of alkyl carbamates (subject to hydrolysis) is 1. The van der Waals surface area contributed by atoms with Gasteiger partial charge in [-0.25, -0.2) is 4.79 Å². The summed E-state index contributed by atoms with van der Waals surface area (Å²) in [5, 5.41) is 13.6. The smallest absolute Gasteiger partial charge is 0.407 e. The van der Waals surface area contributed by atoms with Crippen molar-refractivity contribution in [1.82, 2.24) is 5.32 Å². The summed E-state index contributed by atoms with van der Waals surface area (Å²) in [5.41, 5.74) is -0.490. The zero-order chi connectivity index (χ0) is 21.7. The van der Waals surface area contributed by atoms with Gasteiger partial charge in [0.1, 0.15) is 5.78 Å². The zero-order valence-electron chi connectivity index (χ0n) is 19.3. The number of hydrogen-bond donors (Lipinski definition) is 2. The summed E-state index contributed by atoms with van der Waals surface area (Å²) < 4.78 is 5.81. The van der Waals surface area contributed by atoms with Gasteiger partial charge in [-0.3, -0.25) is 4.79 Å². The fourth-order valence-corrected chi connectivity index (χ4v) is 8.58. The average Bonchev–Trinajstić information content (AvgIpc) is 3.03. The first-order valence-corrected chi connectivity index (χ1v) is 12.3. The Kier molecular flexibility index (Phi) is 5.74. The molecule has 0 saturated heterocycles. The summed E-state index contributed by atoms with van der Waals surface area (Å²) in [5.74, 6) is 2.75. The maximum Gasteiger partial charge on any atom is 0.407 e. The molecule has 4 aliphatic carbocycles. The Morgan fingerprint density at radius 1 is 1.03 bits per heavy atom. The van der Waals surface area contributed by atoms with Gasteiger partial charge >= 0.3 is 6.09 Å². The van der Waals surface area contributed by atoms with Gasteiger partial charge in [-0.1, -0.05) is 6.92 Å². The summed E-state index contributed by atoms with van der Waals surface area (Å²) in [6, 6.07) is 0. The van der Waals surface area contributed by atoms with Crippen molar-refractivity contribution >= 4 is 11.9 Å². The molecule has 30 heavy (non-hydrogen) atoms. The predicted molar refractivity (Wildman–Crippen MR) is 116 cm³/mol. The maximum absolute atomic E-state index is 12.4. The molecule has 5 heteroatoms. The van der Waals surface area contributed by atoms with Crippen LogP contribution >= 0.6 is 0 Å². The minimum atomic E-state index is -0.608. The molecule has 4 rings (SSSR count). The Morgan fingerprint density at radius 2 is 1.80 bits per heavy atom. The van der Waals surface area contributed by atoms with Gasteiger partial charge in [-0.2, -0.15) is 0 Å². The van der Waals surface area contributed by atoms with E-state index in [0.717, 1.165) is 51.4 Å². The molecule has 0 bridgehead atoms. The molecule has 0 aromatic carbocycles. The van der Waals surface area contributed by atoms with E-state index in [0.29, 0.717) is 42.6 Å². The Hall–Kier alpha value is -1.10. The maximum atomic E-state index is 12.4. The van der Waals surface area contributed by atoms with Crippen LogP contribution in [0.5, 0.6) is 0 Å². The van der Waals surface area contributed by atoms with Crippen molar-refractivity contribution in [3.63, 3.8) is 0 Å². The number of rotatable bonds is 4. The van der Waals surface area contributed by atoms with Gasteiger partial charge in [-0.15, -0.1) is 0 Å². The fraction of sp³-hybridized carbons (Fsp3) is 0.920. The van der Waals surface area contributed by atoms with Gasteiger partial charge < -0.3 is 15.2 Å². The van der Waals surface area contributed by atoms with Gasteiger partial charge in [0.2, 0.25) is 0 Å². The Balaban J connectivity index is 1.62. The highest BCUT2D eigenvalue weighted by atomic mass is 16.5. The van der Waals surface area contributed by atoms with E-state index in [1.165, 1.54) is 6.42 Å². The average molecular weight is 420 g/mol. The molecule has 0 heterocycles. The lowest BCUT2D eigenvalue weighted by atomic mass is 9.43. The second kappa shape index (κ2) is 7.79. The molecular formula is C25H41NO4. The van der Waals surface area contributed by atoms with E-state index < -0.39 is 5.60 Å². The second-order valence-electron chi connectivity index (χ2n) is 11.5. The molecule has 0 radical (unpaired) electrons. The molecule has 0 spiro atoms. The highest BCUT2D eigenvalue weighted by molar-refractivity contribution is 5.79. The summed E-state index contributed by atoms with van der Waals surface area (Å²) >= 11 is 0. The van der Waals surface area contributed by atoms with Crippen molar-refractivity contribution in [3.8, 4) is 0 Å². The van der Waals surface area contributed by atoms with Crippen molar-refractivity contribution in [2.45, 2.75) is 91.1 Å². The Labute approximate surface area is 181 Å². The van der Waals surface area contributed by atoms with Crippen LogP contribution in [0.3, 0.4) is 0 Å². The Morgan fingerprint density at radius 3 is 2.50 bits per heavy atom. The molecule has 0 aliphatic heterocycles. The number of carbonyl (C=O) groups excluding carboxylic acids is 2. The van der Waals surface area contributed by atoms with Crippen LogP contribution < -0.4 is 5.32 Å². The van der Waals surface area contributed by atoms with Crippen molar-refractivity contribution in [2.24, 2.45) is 40.4 Å². The van der Waals surface area contributed by atoms with Crippen molar-refractivity contribution in [2.75, 3.05) is 13.2 Å². The molecule has 170 valence electrons. The van der Waals surface area contributed by atoms with E-state index in [-0.39, 0.29) is 22.8 Å². The summed E-state index contributed by atoms with van der Waals surface area (Å²) in [6.45, 7) is 9.09. The number of amides is 1. The van der Waals surface area contributed by atoms with Crippen LogP contribution in [0.2, 0.25) is 0 Å². The lowest BCUT2D eigenvalue weighted by Gasteiger charge is -2.62. The number of ketones is 1. The molecule has 5 nitrogen and oxygen atoms in total. The molecule has 2 N–H and O–H groups in total. The van der Waals surface area contributed by atoms with Gasteiger partial charge in [0.15, 0.2) is 0 Å². The van der Waals surface area contributed by atoms with Gasteiger partial charge in [-0.05, 0) is 108 Å². The lowest BCUT2D eigenvalue weighted by molar-refractivity contribution is -0.171. The van der Waals surface area contributed by atoms with Crippen molar-refractivity contribution in [1.29, 1.82) is 0 Å². The molecule has 0 unspecified atom stereocenters. The number of aliphatic hydroxyl groups is 1. The molecule has 4 aliphatic rings. The van der Waals surface area contributed by atoms with E-state index in [2.05, 4.69) is 12.2 Å². The van der Waals surface area contributed by atoms with E-state index in [1.807, 2.05) is 13.8 Å². The number of carbonyl (C=O) groups is 2. The number of Topliss-reactive ketones (excluding diaryl/α,β-unsaturated/α-hetero) is 1. The summed E-state index contributed by atoms with van der Waals surface area (Å²) in [7, 11) is 0. The van der Waals surface area contributed by atoms with E-state index in [9.17, 15) is 14.7 Å². The lowest BCUT2D eigenvalue weighted by Crippen LogP contribution is -2.58. The van der Waals surface area contributed by atoms with Crippen LogP contribution in [0.15, 0.2) is 0 Å². The first kappa shape index (κ1) is 22.1. The molecule has 8 atom stereocenters. The fourth-order valence-electron chi connectivity index (χ4n) is 8.58. The van der Waals surface area contributed by atoms with E-state index in [1.54, 1.807) is 6.92 Å². The van der Waals surface area contributed by atoms with Crippen LogP contribution in [0, 0.1) is 40.4 Å². The quantitative estimate of drug-likeness (QED) is 0.692. The van der Waals surface area contributed by atoms with Crippen molar-refractivity contribution in [3.05, 3.63) is 0 Å². The predicted octanol–water partition coefficient (Wildman–Crippen LogP) is 4.71. The molecule has 4 saturated carbocycles. The van der Waals surface area contributed by atoms with E-state index in [4.69, 9.17) is 4.74 Å². The molecule has 0 aromatic rings. The highest BCUT2D eigenvalue weighted by Crippen LogP contribution is 2.68. The largest absolute Gasteiger partial charge is 0.449 e. The third kappa shape index (κ3) is 3.49. The first-order chi connectivity index (χ1) is 14.1. The van der Waals surface area contributed by atoms with E-state index >= 15 is 0 Å². The first-order valence-electron chi connectivity index (χ1n) is 12.3. The number of nitrogens with one attached hydrogen (secondary N) is 1. The van der Waals surface area contributed by atoms with Crippen LogP contribution in [-0.4, -0.2) is 35.7 Å². The third-order valence-electron chi connectivity index (χ3n) is 9.94. The van der Waals surface area contributed by atoms with Crippen LogP contribution in [-0.2, 0) is 9.53 Å².